The van der Waals surface area contributed by atoms with E-state index in [4.69, 9.17) is 4.74 Å². The number of rotatable bonds is 8. The number of amides is 1. The van der Waals surface area contributed by atoms with Crippen molar-refractivity contribution in [3.05, 3.63) is 59.9 Å². The topological polar surface area (TPSA) is 112 Å². The number of halogens is 2. The summed E-state index contributed by atoms with van der Waals surface area (Å²) in [5.41, 5.74) is 1.07. The van der Waals surface area contributed by atoms with Crippen molar-refractivity contribution in [3.8, 4) is 11.5 Å². The standard InChI is InChI=1S/C20H21F2N4O5PS/c1-12-10-14(4-6-16(12)31-20(21,22)32)25-33(28,29)18-7-5-13(11-17(18)30-3)24-19(27)15-8-9-23-26(15)2/h4-11,25H,32H2,1-3H3,(H,24,27). The molecule has 2 aromatic carbocycles. The maximum absolute atomic E-state index is 13.1. The van der Waals surface area contributed by atoms with E-state index in [2.05, 4.69) is 19.9 Å². The van der Waals surface area contributed by atoms with E-state index in [1.807, 2.05) is 0 Å². The van der Waals surface area contributed by atoms with Crippen LogP contribution in [0.3, 0.4) is 0 Å². The number of ether oxygens (including phenoxy) is 2. The summed E-state index contributed by atoms with van der Waals surface area (Å²) in [6.45, 7) is 1.50. The van der Waals surface area contributed by atoms with Crippen molar-refractivity contribution >= 4 is 36.5 Å². The fourth-order valence-electron chi connectivity index (χ4n) is 2.94. The fourth-order valence-corrected chi connectivity index (χ4v) is 4.27. The van der Waals surface area contributed by atoms with Crippen LogP contribution in [0, 0.1) is 6.92 Å². The highest BCUT2D eigenvalue weighted by atomic mass is 32.2. The molecule has 2 N–H and O–H groups in total. The molecule has 0 spiro atoms. The molecule has 176 valence electrons. The van der Waals surface area contributed by atoms with E-state index in [0.29, 0.717) is 16.9 Å². The number of carbonyl (C=O) groups is 1. The summed E-state index contributed by atoms with van der Waals surface area (Å²) in [5.74, 6) is -3.99. The number of anilines is 2. The van der Waals surface area contributed by atoms with Gasteiger partial charge in [-0.3, -0.25) is 14.2 Å². The van der Waals surface area contributed by atoms with E-state index >= 15 is 0 Å². The molecule has 0 bridgehead atoms. The minimum atomic E-state index is -4.11. The Morgan fingerprint density at radius 1 is 1.12 bits per heavy atom. The second-order valence-electron chi connectivity index (χ2n) is 6.91. The van der Waals surface area contributed by atoms with Crippen LogP contribution >= 0.6 is 9.24 Å². The van der Waals surface area contributed by atoms with Crippen LogP contribution in [-0.2, 0) is 17.1 Å². The number of aryl methyl sites for hydroxylation is 2. The predicted molar refractivity (Wildman–Crippen MR) is 121 cm³/mol. The van der Waals surface area contributed by atoms with Crippen LogP contribution in [0.25, 0.3) is 0 Å². The van der Waals surface area contributed by atoms with Gasteiger partial charge in [-0.15, -0.1) is 0 Å². The average Bonchev–Trinajstić information content (AvgIpc) is 3.14. The van der Waals surface area contributed by atoms with Gasteiger partial charge in [-0.05, 0) is 58.1 Å². The third kappa shape index (κ3) is 5.96. The zero-order chi connectivity index (χ0) is 24.4. The first-order valence-electron chi connectivity index (χ1n) is 9.36. The Bertz CT molecular complexity index is 1290. The van der Waals surface area contributed by atoms with Gasteiger partial charge in [0.05, 0.1) is 7.11 Å². The highest BCUT2D eigenvalue weighted by Crippen LogP contribution is 2.33. The van der Waals surface area contributed by atoms with E-state index in [0.717, 1.165) is 0 Å². The van der Waals surface area contributed by atoms with Gasteiger partial charge in [-0.1, -0.05) is 0 Å². The number of nitrogens with zero attached hydrogens (tertiary/aromatic N) is 2. The van der Waals surface area contributed by atoms with Gasteiger partial charge in [0.15, 0.2) is 0 Å². The molecule has 3 rings (SSSR count). The number of nitrogens with one attached hydrogen (secondary N) is 2. The molecule has 0 saturated heterocycles. The molecule has 0 saturated carbocycles. The van der Waals surface area contributed by atoms with Crippen molar-refractivity contribution in [1.82, 2.24) is 9.78 Å². The van der Waals surface area contributed by atoms with Crippen molar-refractivity contribution in [2.45, 2.75) is 17.7 Å². The molecule has 13 heteroatoms. The molecule has 1 heterocycles. The molecule has 1 unspecified atom stereocenters. The van der Waals surface area contributed by atoms with Gasteiger partial charge in [-0.25, -0.2) is 8.42 Å². The van der Waals surface area contributed by atoms with Gasteiger partial charge in [-0.2, -0.15) is 13.9 Å². The van der Waals surface area contributed by atoms with E-state index in [9.17, 15) is 22.0 Å². The van der Waals surface area contributed by atoms with Gasteiger partial charge < -0.3 is 14.8 Å². The number of hydrogen-bond donors (Lipinski definition) is 2. The number of alkyl halides is 2. The lowest BCUT2D eigenvalue weighted by Crippen LogP contribution is -2.17. The number of sulfonamides is 1. The molecule has 0 aliphatic carbocycles. The number of aromatic nitrogens is 2. The van der Waals surface area contributed by atoms with Crippen molar-refractivity contribution in [2.24, 2.45) is 7.05 Å². The van der Waals surface area contributed by atoms with Crippen LogP contribution in [0.4, 0.5) is 20.2 Å². The minimum Gasteiger partial charge on any atom is -0.495 e. The fraction of sp³-hybridized carbons (Fsp3) is 0.200. The lowest BCUT2D eigenvalue weighted by Gasteiger charge is -2.17. The first kappa shape index (κ1) is 24.4. The molecule has 1 aromatic heterocycles. The molecular formula is C20H21F2N4O5PS. The Kier molecular flexibility index (Phi) is 6.89. The summed E-state index contributed by atoms with van der Waals surface area (Å²) in [6.07, 6.45) is 1.48. The zero-order valence-electron chi connectivity index (χ0n) is 17.8. The summed E-state index contributed by atoms with van der Waals surface area (Å²) in [6, 6.07) is 9.48. The van der Waals surface area contributed by atoms with E-state index in [1.54, 1.807) is 7.05 Å². The van der Waals surface area contributed by atoms with Crippen LogP contribution < -0.4 is 19.5 Å². The molecule has 1 atom stereocenters. The SMILES string of the molecule is COc1cc(NC(=O)c2ccnn2C)ccc1S(=O)(=O)Nc1ccc(OC(F)(F)P)c(C)c1. The number of benzene rings is 2. The Labute approximate surface area is 191 Å². The largest absolute Gasteiger partial charge is 0.495 e. The Hall–Kier alpha value is -3.24. The van der Waals surface area contributed by atoms with Gasteiger partial charge in [0, 0.05) is 30.7 Å². The number of hydrogen-bond acceptors (Lipinski definition) is 6. The Morgan fingerprint density at radius 2 is 1.82 bits per heavy atom. The molecule has 0 radical (unpaired) electrons. The lowest BCUT2D eigenvalue weighted by molar-refractivity contribution is -0.0896. The van der Waals surface area contributed by atoms with Crippen LogP contribution in [0.15, 0.2) is 53.6 Å². The lowest BCUT2D eigenvalue weighted by atomic mass is 10.2. The highest BCUT2D eigenvalue weighted by Gasteiger charge is 2.25. The predicted octanol–water partition coefficient (Wildman–Crippen LogP) is 3.59. The second kappa shape index (κ2) is 9.32. The van der Waals surface area contributed by atoms with Crippen molar-refractivity contribution < 1.29 is 31.5 Å². The monoisotopic (exact) mass is 498 g/mol. The van der Waals surface area contributed by atoms with E-state index < -0.39 is 21.8 Å². The molecule has 9 nitrogen and oxygen atoms in total. The third-order valence-electron chi connectivity index (χ3n) is 4.44. The number of carbonyl (C=O) groups excluding carboxylic acids is 1. The summed E-state index contributed by atoms with van der Waals surface area (Å²) >= 11 is 0. The maximum Gasteiger partial charge on any atom is 0.408 e. The van der Waals surface area contributed by atoms with Gasteiger partial charge in [0.2, 0.25) is 0 Å². The summed E-state index contributed by atoms with van der Waals surface area (Å²) < 4.78 is 65.5. The molecule has 1 amide bonds. The van der Waals surface area contributed by atoms with Crippen LogP contribution in [-0.4, -0.2) is 37.1 Å². The third-order valence-corrected chi connectivity index (χ3v) is 5.98. The summed E-state index contributed by atoms with van der Waals surface area (Å²) in [4.78, 5) is 12.2. The molecule has 33 heavy (non-hydrogen) atoms. The molecule has 0 aliphatic heterocycles. The van der Waals surface area contributed by atoms with Crippen molar-refractivity contribution in [3.63, 3.8) is 0 Å². The van der Waals surface area contributed by atoms with Crippen molar-refractivity contribution in [2.75, 3.05) is 17.1 Å². The molecule has 3 aromatic rings. The van der Waals surface area contributed by atoms with Gasteiger partial charge in [0.25, 0.3) is 15.9 Å². The minimum absolute atomic E-state index is 0.00960. The van der Waals surface area contributed by atoms with Crippen LogP contribution in [0.2, 0.25) is 0 Å². The maximum atomic E-state index is 13.1. The second-order valence-corrected chi connectivity index (χ2v) is 9.23. The van der Waals surface area contributed by atoms with Crippen molar-refractivity contribution in [1.29, 1.82) is 0 Å². The molecule has 0 fully saturated rings. The smallest absolute Gasteiger partial charge is 0.408 e. The summed E-state index contributed by atoms with van der Waals surface area (Å²) in [7, 11) is 0.0622. The van der Waals surface area contributed by atoms with E-state index in [-0.39, 0.29) is 22.1 Å². The van der Waals surface area contributed by atoms with E-state index in [1.165, 1.54) is 76.6 Å². The van der Waals surface area contributed by atoms with Gasteiger partial charge >= 0.3 is 5.85 Å². The van der Waals surface area contributed by atoms with Crippen LogP contribution in [0.5, 0.6) is 11.5 Å². The first-order chi connectivity index (χ1) is 15.4. The summed E-state index contributed by atoms with van der Waals surface area (Å²) in [5, 5.41) is 6.57. The Balaban J connectivity index is 1.82. The van der Waals surface area contributed by atoms with Gasteiger partial charge in [0.1, 0.15) is 22.1 Å². The quantitative estimate of drug-likeness (QED) is 0.459. The zero-order valence-corrected chi connectivity index (χ0v) is 19.8. The number of methoxy groups -OCH3 is 1. The highest BCUT2D eigenvalue weighted by molar-refractivity contribution is 7.92. The first-order valence-corrected chi connectivity index (χ1v) is 11.4. The Morgan fingerprint density at radius 3 is 2.39 bits per heavy atom. The van der Waals surface area contributed by atoms with Crippen LogP contribution in [0.1, 0.15) is 16.1 Å². The molecule has 0 aliphatic rings. The molecular weight excluding hydrogens is 477 g/mol. The normalized spacial score (nSPS) is 11.7. The average molecular weight is 498 g/mol.